The van der Waals surface area contributed by atoms with Crippen molar-refractivity contribution in [2.75, 3.05) is 18.0 Å². The summed E-state index contributed by atoms with van der Waals surface area (Å²) in [7, 11) is 0. The third-order valence-corrected chi connectivity index (χ3v) is 3.27. The Balaban J connectivity index is 2.39. The standard InChI is InChI=1S/C13H16FNO2/c1-9(13(16)17)11-8-10(14)4-5-12(11)15-6-2-3-7-15/h4-5,8-9H,2-3,6-7H2,1H3,(H,16,17). The number of hydrogen-bond donors (Lipinski definition) is 1. The highest BCUT2D eigenvalue weighted by molar-refractivity contribution is 5.78. The lowest BCUT2D eigenvalue weighted by molar-refractivity contribution is -0.138. The first-order valence-corrected chi connectivity index (χ1v) is 5.87. The fraction of sp³-hybridized carbons (Fsp3) is 0.462. The quantitative estimate of drug-likeness (QED) is 0.878. The molecule has 2 rings (SSSR count). The maximum Gasteiger partial charge on any atom is 0.310 e. The Morgan fingerprint density at radius 3 is 2.65 bits per heavy atom. The van der Waals surface area contributed by atoms with Gasteiger partial charge in [-0.05, 0) is 43.5 Å². The molecule has 1 unspecified atom stereocenters. The van der Waals surface area contributed by atoms with Crippen molar-refractivity contribution in [3.63, 3.8) is 0 Å². The molecule has 0 bridgehead atoms. The lowest BCUT2D eigenvalue weighted by Crippen LogP contribution is -2.21. The van der Waals surface area contributed by atoms with Gasteiger partial charge in [0, 0.05) is 18.8 Å². The van der Waals surface area contributed by atoms with Gasteiger partial charge in [-0.1, -0.05) is 0 Å². The Morgan fingerprint density at radius 1 is 1.41 bits per heavy atom. The summed E-state index contributed by atoms with van der Waals surface area (Å²) in [6, 6.07) is 4.42. The molecular formula is C13H16FNO2. The predicted molar refractivity (Wildman–Crippen MR) is 63.9 cm³/mol. The van der Waals surface area contributed by atoms with Crippen molar-refractivity contribution in [1.82, 2.24) is 0 Å². The third kappa shape index (κ3) is 2.40. The summed E-state index contributed by atoms with van der Waals surface area (Å²) in [5, 5.41) is 9.05. The lowest BCUT2D eigenvalue weighted by atomic mass is 9.98. The number of aliphatic carboxylic acids is 1. The number of rotatable bonds is 3. The normalized spacial score (nSPS) is 17.2. The fourth-order valence-electron chi connectivity index (χ4n) is 2.25. The van der Waals surface area contributed by atoms with Gasteiger partial charge in [-0.15, -0.1) is 0 Å². The lowest BCUT2D eigenvalue weighted by Gasteiger charge is -2.23. The van der Waals surface area contributed by atoms with Crippen molar-refractivity contribution >= 4 is 11.7 Å². The van der Waals surface area contributed by atoms with Gasteiger partial charge in [-0.25, -0.2) is 4.39 Å². The zero-order chi connectivity index (χ0) is 12.4. The van der Waals surface area contributed by atoms with Gasteiger partial charge in [0.05, 0.1) is 5.92 Å². The molecule has 0 aliphatic carbocycles. The number of anilines is 1. The topological polar surface area (TPSA) is 40.5 Å². The highest BCUT2D eigenvalue weighted by Crippen LogP contribution is 2.31. The summed E-state index contributed by atoms with van der Waals surface area (Å²) in [4.78, 5) is 13.2. The third-order valence-electron chi connectivity index (χ3n) is 3.27. The summed E-state index contributed by atoms with van der Waals surface area (Å²) in [5.41, 5.74) is 1.43. The zero-order valence-electron chi connectivity index (χ0n) is 9.82. The molecule has 4 heteroatoms. The van der Waals surface area contributed by atoms with Crippen molar-refractivity contribution < 1.29 is 14.3 Å². The zero-order valence-corrected chi connectivity index (χ0v) is 9.82. The number of nitrogens with zero attached hydrogens (tertiary/aromatic N) is 1. The van der Waals surface area contributed by atoms with Gasteiger partial charge in [0.25, 0.3) is 0 Å². The molecule has 1 aromatic rings. The van der Waals surface area contributed by atoms with Crippen LogP contribution in [-0.2, 0) is 4.79 Å². The van der Waals surface area contributed by atoms with Crippen LogP contribution in [0, 0.1) is 5.82 Å². The van der Waals surface area contributed by atoms with Gasteiger partial charge >= 0.3 is 5.97 Å². The minimum Gasteiger partial charge on any atom is -0.481 e. The van der Waals surface area contributed by atoms with E-state index in [4.69, 9.17) is 5.11 Å². The van der Waals surface area contributed by atoms with Crippen LogP contribution in [0.4, 0.5) is 10.1 Å². The van der Waals surface area contributed by atoms with Crippen molar-refractivity contribution in [3.8, 4) is 0 Å². The molecule has 17 heavy (non-hydrogen) atoms. The molecule has 1 heterocycles. The second-order valence-electron chi connectivity index (χ2n) is 4.46. The van der Waals surface area contributed by atoms with Crippen LogP contribution >= 0.6 is 0 Å². The van der Waals surface area contributed by atoms with Gasteiger partial charge < -0.3 is 10.0 Å². The molecule has 92 valence electrons. The summed E-state index contributed by atoms with van der Waals surface area (Å²) < 4.78 is 13.2. The molecule has 0 amide bonds. The second kappa shape index (κ2) is 4.73. The Hall–Kier alpha value is -1.58. The number of carboxylic acids is 1. The van der Waals surface area contributed by atoms with E-state index in [2.05, 4.69) is 4.90 Å². The molecule has 1 aromatic carbocycles. The molecule has 1 saturated heterocycles. The van der Waals surface area contributed by atoms with Gasteiger partial charge in [0.15, 0.2) is 0 Å². The average molecular weight is 237 g/mol. The number of halogens is 1. The van der Waals surface area contributed by atoms with Crippen molar-refractivity contribution in [2.24, 2.45) is 0 Å². The van der Waals surface area contributed by atoms with Gasteiger partial charge in [0.2, 0.25) is 0 Å². The highest BCUT2D eigenvalue weighted by atomic mass is 19.1. The number of benzene rings is 1. The molecule has 1 fully saturated rings. The number of carboxylic acid groups (broad SMARTS) is 1. The highest BCUT2D eigenvalue weighted by Gasteiger charge is 2.22. The molecule has 3 nitrogen and oxygen atoms in total. The first-order valence-electron chi connectivity index (χ1n) is 5.87. The molecule has 0 aromatic heterocycles. The first kappa shape index (κ1) is 11.9. The molecule has 1 aliphatic heterocycles. The van der Waals surface area contributed by atoms with Crippen LogP contribution in [0.3, 0.4) is 0 Å². The monoisotopic (exact) mass is 237 g/mol. The van der Waals surface area contributed by atoms with Crippen LogP contribution < -0.4 is 4.90 Å². The predicted octanol–water partition coefficient (Wildman–Crippen LogP) is 2.61. The van der Waals surface area contributed by atoms with E-state index in [-0.39, 0.29) is 5.82 Å². The molecule has 1 atom stereocenters. The Bertz CT molecular complexity index is 427. The number of carbonyl (C=O) groups is 1. The van der Waals surface area contributed by atoms with Crippen LogP contribution in [0.25, 0.3) is 0 Å². The molecule has 0 radical (unpaired) electrons. The van der Waals surface area contributed by atoms with E-state index < -0.39 is 11.9 Å². The fourth-order valence-corrected chi connectivity index (χ4v) is 2.25. The Kier molecular flexibility index (Phi) is 3.31. The van der Waals surface area contributed by atoms with Crippen LogP contribution in [0.2, 0.25) is 0 Å². The minimum absolute atomic E-state index is 0.379. The summed E-state index contributed by atoms with van der Waals surface area (Å²) in [5.74, 6) is -1.98. The largest absolute Gasteiger partial charge is 0.481 e. The van der Waals surface area contributed by atoms with E-state index in [1.54, 1.807) is 13.0 Å². The van der Waals surface area contributed by atoms with Crippen LogP contribution in [0.1, 0.15) is 31.2 Å². The van der Waals surface area contributed by atoms with Crippen LogP contribution in [0.5, 0.6) is 0 Å². The van der Waals surface area contributed by atoms with Crippen LogP contribution in [0.15, 0.2) is 18.2 Å². The van der Waals surface area contributed by atoms with E-state index in [0.29, 0.717) is 5.56 Å². The minimum atomic E-state index is -0.920. The molecular weight excluding hydrogens is 221 g/mol. The summed E-state index contributed by atoms with van der Waals surface area (Å²) >= 11 is 0. The first-order chi connectivity index (χ1) is 8.09. The maximum atomic E-state index is 13.2. The SMILES string of the molecule is CC(C(=O)O)c1cc(F)ccc1N1CCCC1. The molecule has 0 spiro atoms. The average Bonchev–Trinajstić information content (AvgIpc) is 2.81. The van der Waals surface area contributed by atoms with E-state index in [1.165, 1.54) is 12.1 Å². The summed E-state index contributed by atoms with van der Waals surface area (Å²) in [6.45, 7) is 3.44. The molecule has 1 N–H and O–H groups in total. The van der Waals surface area contributed by atoms with E-state index in [1.807, 2.05) is 0 Å². The van der Waals surface area contributed by atoms with Crippen molar-refractivity contribution in [2.45, 2.75) is 25.7 Å². The van der Waals surface area contributed by atoms with Crippen molar-refractivity contribution in [3.05, 3.63) is 29.6 Å². The van der Waals surface area contributed by atoms with Crippen LogP contribution in [-0.4, -0.2) is 24.2 Å². The Labute approximate surface area is 99.9 Å². The Morgan fingerprint density at radius 2 is 2.06 bits per heavy atom. The van der Waals surface area contributed by atoms with Gasteiger partial charge in [0.1, 0.15) is 5.82 Å². The summed E-state index contributed by atoms with van der Waals surface area (Å²) in [6.07, 6.45) is 2.22. The van der Waals surface area contributed by atoms with E-state index in [9.17, 15) is 9.18 Å². The molecule has 0 saturated carbocycles. The van der Waals surface area contributed by atoms with Gasteiger partial charge in [-0.3, -0.25) is 4.79 Å². The smallest absolute Gasteiger partial charge is 0.310 e. The maximum absolute atomic E-state index is 13.2. The van der Waals surface area contributed by atoms with Crippen molar-refractivity contribution in [1.29, 1.82) is 0 Å². The van der Waals surface area contributed by atoms with E-state index in [0.717, 1.165) is 31.6 Å². The molecule has 1 aliphatic rings. The van der Waals surface area contributed by atoms with Gasteiger partial charge in [-0.2, -0.15) is 0 Å². The number of hydrogen-bond acceptors (Lipinski definition) is 2. The van der Waals surface area contributed by atoms with E-state index >= 15 is 0 Å². The second-order valence-corrected chi connectivity index (χ2v) is 4.46.